The van der Waals surface area contributed by atoms with Crippen molar-refractivity contribution in [2.45, 2.75) is 0 Å². The molecule has 2 aromatic carbocycles. The van der Waals surface area contributed by atoms with Gasteiger partial charge in [0, 0.05) is 27.5 Å². The smallest absolute Gasteiger partial charge is 0.252 e. The Bertz CT molecular complexity index is 984. The Morgan fingerprint density at radius 3 is 1.84 bits per heavy atom. The van der Waals surface area contributed by atoms with Crippen LogP contribution in [-0.4, -0.2) is 23.9 Å². The highest BCUT2D eigenvalue weighted by Gasteiger charge is 2.16. The minimum Gasteiger partial charge on any atom is -0.339 e. The van der Waals surface area contributed by atoms with Gasteiger partial charge < -0.3 is 10.6 Å². The molecule has 0 spiro atoms. The highest BCUT2D eigenvalue weighted by molar-refractivity contribution is 7.89. The molecule has 130 valence electrons. The summed E-state index contributed by atoms with van der Waals surface area (Å²) < 4.78 is 24.9. The second kappa shape index (κ2) is 6.95. The van der Waals surface area contributed by atoms with Gasteiger partial charge in [-0.25, -0.2) is 8.42 Å². The summed E-state index contributed by atoms with van der Waals surface area (Å²) in [5.41, 5.74) is 1.42. The number of halogens is 2. The molecule has 0 bridgehead atoms. The van der Waals surface area contributed by atoms with Crippen LogP contribution in [0.15, 0.2) is 54.6 Å². The fourth-order valence-corrected chi connectivity index (χ4v) is 3.07. The van der Waals surface area contributed by atoms with Crippen molar-refractivity contribution in [3.8, 4) is 0 Å². The minimum atomic E-state index is -3.58. The van der Waals surface area contributed by atoms with E-state index in [1.54, 1.807) is 54.6 Å². The SMILES string of the molecule is CS(=O)(=O)n1nc(Nc2ccc(Cl)cc2)cc1Nc1ccc(Cl)cc1. The maximum atomic E-state index is 12.0. The molecule has 0 unspecified atom stereocenters. The molecule has 0 saturated heterocycles. The van der Waals surface area contributed by atoms with Gasteiger partial charge in [0.15, 0.2) is 5.82 Å². The lowest BCUT2D eigenvalue weighted by Gasteiger charge is -2.07. The molecule has 1 aromatic heterocycles. The molecular weight excluding hydrogens is 383 g/mol. The Morgan fingerprint density at radius 1 is 0.880 bits per heavy atom. The summed E-state index contributed by atoms with van der Waals surface area (Å²) in [6, 6.07) is 15.5. The molecule has 3 rings (SSSR count). The van der Waals surface area contributed by atoms with Crippen molar-refractivity contribution in [3.63, 3.8) is 0 Å². The van der Waals surface area contributed by atoms with Gasteiger partial charge in [-0.15, -0.1) is 9.19 Å². The fourth-order valence-electron chi connectivity index (χ4n) is 2.13. The van der Waals surface area contributed by atoms with Crippen molar-refractivity contribution < 1.29 is 8.42 Å². The zero-order chi connectivity index (χ0) is 18.0. The first kappa shape index (κ1) is 17.6. The number of aromatic nitrogens is 2. The van der Waals surface area contributed by atoms with E-state index >= 15 is 0 Å². The molecule has 0 atom stereocenters. The van der Waals surface area contributed by atoms with Gasteiger partial charge in [0.05, 0.1) is 6.26 Å². The fraction of sp³-hybridized carbons (Fsp3) is 0.0625. The van der Waals surface area contributed by atoms with Crippen LogP contribution < -0.4 is 10.6 Å². The van der Waals surface area contributed by atoms with E-state index < -0.39 is 10.0 Å². The van der Waals surface area contributed by atoms with E-state index in [-0.39, 0.29) is 0 Å². The Kier molecular flexibility index (Phi) is 4.89. The van der Waals surface area contributed by atoms with Gasteiger partial charge in [-0.3, -0.25) is 0 Å². The summed E-state index contributed by atoms with van der Waals surface area (Å²) in [7, 11) is -3.58. The van der Waals surface area contributed by atoms with Crippen LogP contribution in [0.3, 0.4) is 0 Å². The van der Waals surface area contributed by atoms with Crippen LogP contribution in [0.4, 0.5) is 23.0 Å². The Balaban J connectivity index is 1.92. The van der Waals surface area contributed by atoms with Crippen molar-refractivity contribution in [1.82, 2.24) is 9.19 Å². The lowest BCUT2D eigenvalue weighted by molar-refractivity contribution is 0.587. The lowest BCUT2D eigenvalue weighted by Crippen LogP contribution is -2.14. The number of benzene rings is 2. The van der Waals surface area contributed by atoms with Crippen molar-refractivity contribution in [2.24, 2.45) is 0 Å². The molecule has 0 fully saturated rings. The number of nitrogens with one attached hydrogen (secondary N) is 2. The summed E-state index contributed by atoms with van der Waals surface area (Å²) in [6.45, 7) is 0. The van der Waals surface area contributed by atoms with Gasteiger partial charge in [0.1, 0.15) is 5.82 Å². The standard InChI is InChI=1S/C16H14Cl2N4O2S/c1-25(23,24)22-16(20-14-8-4-12(18)5-9-14)10-15(21-22)19-13-6-2-11(17)3-7-13/h2-10,20H,1H3,(H,19,21). The highest BCUT2D eigenvalue weighted by atomic mass is 35.5. The van der Waals surface area contributed by atoms with Crippen molar-refractivity contribution in [3.05, 3.63) is 64.6 Å². The molecule has 1 heterocycles. The molecule has 0 radical (unpaired) electrons. The monoisotopic (exact) mass is 396 g/mol. The van der Waals surface area contributed by atoms with Crippen LogP contribution >= 0.6 is 23.2 Å². The van der Waals surface area contributed by atoms with Crippen LogP contribution in [0, 0.1) is 0 Å². The molecule has 3 aromatic rings. The molecule has 0 aliphatic heterocycles. The molecule has 6 nitrogen and oxygen atoms in total. The number of nitrogens with zero attached hydrogens (tertiary/aromatic N) is 2. The van der Waals surface area contributed by atoms with Gasteiger partial charge in [-0.1, -0.05) is 23.2 Å². The summed E-state index contributed by atoms with van der Waals surface area (Å²) in [6.07, 6.45) is 1.08. The van der Waals surface area contributed by atoms with Crippen LogP contribution in [0.2, 0.25) is 10.0 Å². The number of hydrogen-bond donors (Lipinski definition) is 2. The van der Waals surface area contributed by atoms with Crippen molar-refractivity contribution in [1.29, 1.82) is 0 Å². The summed E-state index contributed by atoms with van der Waals surface area (Å²) in [5, 5.41) is 11.4. The largest absolute Gasteiger partial charge is 0.339 e. The highest BCUT2D eigenvalue weighted by Crippen LogP contribution is 2.25. The third-order valence-corrected chi connectivity index (χ3v) is 4.64. The van der Waals surface area contributed by atoms with Gasteiger partial charge >= 0.3 is 0 Å². The zero-order valence-corrected chi connectivity index (χ0v) is 15.4. The van der Waals surface area contributed by atoms with E-state index in [0.29, 0.717) is 27.4 Å². The number of rotatable bonds is 5. The van der Waals surface area contributed by atoms with E-state index in [1.165, 1.54) is 0 Å². The molecule has 2 N–H and O–H groups in total. The molecule has 0 amide bonds. The second-order valence-corrected chi connectivity index (χ2v) is 7.97. The first-order valence-corrected chi connectivity index (χ1v) is 9.77. The predicted octanol–water partition coefficient (Wildman–Crippen LogP) is 4.48. The summed E-state index contributed by atoms with van der Waals surface area (Å²) in [4.78, 5) is 0. The van der Waals surface area contributed by atoms with Crippen LogP contribution in [-0.2, 0) is 10.0 Å². The van der Waals surface area contributed by atoms with Gasteiger partial charge in [0.2, 0.25) is 0 Å². The Morgan fingerprint density at radius 2 is 1.36 bits per heavy atom. The molecule has 0 aliphatic rings. The van der Waals surface area contributed by atoms with E-state index in [1.807, 2.05) is 0 Å². The van der Waals surface area contributed by atoms with Crippen molar-refractivity contribution >= 4 is 56.2 Å². The number of hydrogen-bond acceptors (Lipinski definition) is 5. The van der Waals surface area contributed by atoms with Crippen molar-refractivity contribution in [2.75, 3.05) is 16.9 Å². The normalized spacial score (nSPS) is 11.3. The van der Waals surface area contributed by atoms with Crippen LogP contribution in [0.5, 0.6) is 0 Å². The topological polar surface area (TPSA) is 76.0 Å². The van der Waals surface area contributed by atoms with E-state index in [9.17, 15) is 8.42 Å². The number of anilines is 4. The first-order valence-electron chi connectivity index (χ1n) is 7.17. The summed E-state index contributed by atoms with van der Waals surface area (Å²) >= 11 is 11.7. The molecule has 0 aliphatic carbocycles. The van der Waals surface area contributed by atoms with E-state index in [4.69, 9.17) is 23.2 Å². The third-order valence-electron chi connectivity index (χ3n) is 3.23. The first-order chi connectivity index (χ1) is 11.8. The van der Waals surface area contributed by atoms with Crippen LogP contribution in [0.1, 0.15) is 0 Å². The van der Waals surface area contributed by atoms with Gasteiger partial charge in [0.25, 0.3) is 10.0 Å². The van der Waals surface area contributed by atoms with Crippen LogP contribution in [0.25, 0.3) is 0 Å². The van der Waals surface area contributed by atoms with E-state index in [0.717, 1.165) is 16.0 Å². The molecular formula is C16H14Cl2N4O2S. The lowest BCUT2D eigenvalue weighted by atomic mass is 10.3. The maximum Gasteiger partial charge on any atom is 0.252 e. The minimum absolute atomic E-state index is 0.307. The maximum absolute atomic E-state index is 12.0. The predicted molar refractivity (Wildman–Crippen MR) is 102 cm³/mol. The van der Waals surface area contributed by atoms with E-state index in [2.05, 4.69) is 15.7 Å². The third kappa shape index (κ3) is 4.45. The second-order valence-electron chi connectivity index (χ2n) is 5.28. The quantitative estimate of drug-likeness (QED) is 0.664. The summed E-state index contributed by atoms with van der Waals surface area (Å²) in [5.74, 6) is 0.686. The van der Waals surface area contributed by atoms with Gasteiger partial charge in [-0.05, 0) is 48.5 Å². The van der Waals surface area contributed by atoms with Gasteiger partial charge in [-0.2, -0.15) is 0 Å². The molecule has 25 heavy (non-hydrogen) atoms. The Labute approximate surface area is 155 Å². The average molecular weight is 397 g/mol. The molecule has 0 saturated carbocycles. The average Bonchev–Trinajstić information content (AvgIpc) is 2.95. The Hall–Kier alpha value is -2.22. The molecule has 9 heteroatoms. The zero-order valence-electron chi connectivity index (χ0n) is 13.1.